The fourth-order valence-electron chi connectivity index (χ4n) is 2.97. The van der Waals surface area contributed by atoms with E-state index in [1.807, 2.05) is 0 Å². The number of benzene rings is 3. The van der Waals surface area contributed by atoms with Crippen LogP contribution in [-0.2, 0) is 10.0 Å². The number of sulfonamides is 1. The van der Waals surface area contributed by atoms with E-state index in [2.05, 4.69) is 10.0 Å². The summed E-state index contributed by atoms with van der Waals surface area (Å²) in [5.41, 5.74) is 0.890. The van der Waals surface area contributed by atoms with Crippen molar-refractivity contribution in [1.29, 1.82) is 0 Å². The zero-order valence-corrected chi connectivity index (χ0v) is 17.9. The Hall–Kier alpha value is -3.59. The van der Waals surface area contributed by atoms with Gasteiger partial charge in [0.1, 0.15) is 27.8 Å². The molecule has 0 saturated heterocycles. The maximum atomic E-state index is 14.6. The van der Waals surface area contributed by atoms with Crippen LogP contribution in [0.5, 0.6) is 11.5 Å². The highest BCUT2D eigenvalue weighted by molar-refractivity contribution is 7.92. The highest BCUT2D eigenvalue weighted by Crippen LogP contribution is 2.31. The number of methoxy groups -OCH3 is 2. The van der Waals surface area contributed by atoms with Gasteiger partial charge in [0, 0.05) is 11.4 Å². The van der Waals surface area contributed by atoms with Crippen molar-refractivity contribution in [2.24, 2.45) is 0 Å². The van der Waals surface area contributed by atoms with E-state index < -0.39 is 26.6 Å². The highest BCUT2D eigenvalue weighted by atomic mass is 32.2. The summed E-state index contributed by atoms with van der Waals surface area (Å²) in [5, 5.41) is 2.62. The number of carbonyl (C=O) groups is 1. The summed E-state index contributed by atoms with van der Waals surface area (Å²) in [4.78, 5) is 12.3. The van der Waals surface area contributed by atoms with Gasteiger partial charge in [-0.15, -0.1) is 0 Å². The molecule has 7 nitrogen and oxygen atoms in total. The third kappa shape index (κ3) is 4.77. The maximum absolute atomic E-state index is 14.6. The first-order chi connectivity index (χ1) is 14.8. The van der Waals surface area contributed by atoms with Crippen molar-refractivity contribution in [2.75, 3.05) is 24.3 Å². The second-order valence-corrected chi connectivity index (χ2v) is 8.21. The lowest BCUT2D eigenvalue weighted by Crippen LogP contribution is -2.18. The summed E-state index contributed by atoms with van der Waals surface area (Å²) < 4.78 is 52.8. The molecule has 3 aromatic rings. The van der Waals surface area contributed by atoms with Crippen LogP contribution in [0.4, 0.5) is 15.8 Å². The maximum Gasteiger partial charge on any atom is 0.264 e. The quantitative estimate of drug-likeness (QED) is 0.570. The summed E-state index contributed by atoms with van der Waals surface area (Å²) in [6.07, 6.45) is 0. The van der Waals surface area contributed by atoms with Gasteiger partial charge < -0.3 is 14.8 Å². The number of aryl methyl sites for hydroxylation is 1. The fourth-order valence-corrected chi connectivity index (χ4v) is 4.11. The van der Waals surface area contributed by atoms with Gasteiger partial charge >= 0.3 is 0 Å². The molecule has 0 bridgehead atoms. The Bertz CT molecular complexity index is 1190. The Morgan fingerprint density at radius 2 is 1.55 bits per heavy atom. The number of amides is 1. The molecule has 0 aromatic heterocycles. The van der Waals surface area contributed by atoms with Crippen molar-refractivity contribution in [1.82, 2.24) is 0 Å². The Morgan fingerprint density at radius 3 is 2.13 bits per heavy atom. The predicted molar refractivity (Wildman–Crippen MR) is 116 cm³/mol. The van der Waals surface area contributed by atoms with Crippen LogP contribution >= 0.6 is 0 Å². The number of hydrogen-bond donors (Lipinski definition) is 2. The first-order valence-electron chi connectivity index (χ1n) is 9.17. The van der Waals surface area contributed by atoms with Crippen LogP contribution in [0, 0.1) is 12.7 Å². The molecule has 31 heavy (non-hydrogen) atoms. The van der Waals surface area contributed by atoms with Gasteiger partial charge in [-0.2, -0.15) is 0 Å². The molecule has 0 radical (unpaired) electrons. The molecule has 0 unspecified atom stereocenters. The van der Waals surface area contributed by atoms with Gasteiger partial charge in [-0.3, -0.25) is 9.52 Å². The second kappa shape index (κ2) is 9.05. The SMILES string of the molecule is COc1cccc(OC)c1C(=O)Nc1cc(S(=O)(=O)Nc2ccccc2)c(F)cc1C. The molecule has 3 aromatic carbocycles. The van der Waals surface area contributed by atoms with Crippen LogP contribution in [0.3, 0.4) is 0 Å². The lowest BCUT2D eigenvalue weighted by atomic mass is 10.1. The summed E-state index contributed by atoms with van der Waals surface area (Å²) in [6, 6.07) is 15.1. The molecule has 0 atom stereocenters. The first-order valence-corrected chi connectivity index (χ1v) is 10.7. The Labute approximate surface area is 179 Å². The van der Waals surface area contributed by atoms with Gasteiger partial charge in [0.25, 0.3) is 15.9 Å². The predicted octanol–water partition coefficient (Wildman–Crippen LogP) is 4.20. The van der Waals surface area contributed by atoms with E-state index >= 15 is 0 Å². The van der Waals surface area contributed by atoms with Crippen molar-refractivity contribution in [3.8, 4) is 11.5 Å². The largest absolute Gasteiger partial charge is 0.496 e. The molecular formula is C22H21FN2O5S. The first kappa shape index (κ1) is 22.1. The molecule has 0 saturated carbocycles. The van der Waals surface area contributed by atoms with E-state index in [4.69, 9.17) is 9.47 Å². The number of nitrogens with one attached hydrogen (secondary N) is 2. The average Bonchev–Trinajstić information content (AvgIpc) is 2.75. The van der Waals surface area contributed by atoms with Gasteiger partial charge in [-0.25, -0.2) is 12.8 Å². The van der Waals surface area contributed by atoms with Crippen molar-refractivity contribution in [3.05, 3.63) is 77.6 Å². The molecule has 162 valence electrons. The molecular weight excluding hydrogens is 423 g/mol. The molecule has 0 aliphatic heterocycles. The van der Waals surface area contributed by atoms with E-state index in [0.29, 0.717) is 5.56 Å². The van der Waals surface area contributed by atoms with Gasteiger partial charge in [0.2, 0.25) is 0 Å². The lowest BCUT2D eigenvalue weighted by Gasteiger charge is -2.16. The number of para-hydroxylation sites is 1. The van der Waals surface area contributed by atoms with Crippen LogP contribution in [-0.4, -0.2) is 28.5 Å². The highest BCUT2D eigenvalue weighted by Gasteiger charge is 2.24. The molecule has 9 heteroatoms. The van der Waals surface area contributed by atoms with Crippen LogP contribution in [0.25, 0.3) is 0 Å². The number of anilines is 2. The second-order valence-electron chi connectivity index (χ2n) is 6.56. The zero-order valence-electron chi connectivity index (χ0n) is 17.1. The summed E-state index contributed by atoms with van der Waals surface area (Å²) in [5.74, 6) is -0.984. The molecule has 3 rings (SSSR count). The molecule has 1 amide bonds. The molecule has 0 spiro atoms. The number of carbonyl (C=O) groups excluding carboxylic acids is 1. The third-order valence-electron chi connectivity index (χ3n) is 4.50. The number of ether oxygens (including phenoxy) is 2. The molecule has 0 aliphatic carbocycles. The lowest BCUT2D eigenvalue weighted by molar-refractivity contribution is 0.102. The van der Waals surface area contributed by atoms with Crippen LogP contribution in [0.15, 0.2) is 65.6 Å². The van der Waals surface area contributed by atoms with E-state index in [-0.39, 0.29) is 28.4 Å². The Morgan fingerprint density at radius 1 is 0.935 bits per heavy atom. The summed E-state index contributed by atoms with van der Waals surface area (Å²) in [6.45, 7) is 1.55. The fraction of sp³-hybridized carbons (Fsp3) is 0.136. The smallest absolute Gasteiger partial charge is 0.264 e. The van der Waals surface area contributed by atoms with E-state index in [0.717, 1.165) is 12.1 Å². The van der Waals surface area contributed by atoms with Crippen LogP contribution < -0.4 is 19.5 Å². The van der Waals surface area contributed by atoms with Gasteiger partial charge in [-0.1, -0.05) is 24.3 Å². The van der Waals surface area contributed by atoms with Crippen LogP contribution in [0.1, 0.15) is 15.9 Å². The average molecular weight is 444 g/mol. The van der Waals surface area contributed by atoms with Gasteiger partial charge in [0.15, 0.2) is 0 Å². The van der Waals surface area contributed by atoms with Gasteiger partial charge in [-0.05, 0) is 48.9 Å². The Balaban J connectivity index is 1.98. The Kier molecular flexibility index (Phi) is 6.45. The zero-order chi connectivity index (χ0) is 22.6. The van der Waals surface area contributed by atoms with E-state index in [9.17, 15) is 17.6 Å². The van der Waals surface area contributed by atoms with Crippen molar-refractivity contribution >= 4 is 27.3 Å². The minimum atomic E-state index is -4.24. The third-order valence-corrected chi connectivity index (χ3v) is 5.89. The monoisotopic (exact) mass is 444 g/mol. The van der Waals surface area contributed by atoms with Crippen molar-refractivity contribution in [3.63, 3.8) is 0 Å². The van der Waals surface area contributed by atoms with Crippen molar-refractivity contribution in [2.45, 2.75) is 11.8 Å². The minimum absolute atomic E-state index is 0.128. The van der Waals surface area contributed by atoms with Crippen LogP contribution in [0.2, 0.25) is 0 Å². The molecule has 0 fully saturated rings. The summed E-state index contributed by atoms with van der Waals surface area (Å²) >= 11 is 0. The minimum Gasteiger partial charge on any atom is -0.496 e. The normalized spacial score (nSPS) is 11.0. The molecule has 0 heterocycles. The topological polar surface area (TPSA) is 93.7 Å². The molecule has 2 N–H and O–H groups in total. The van der Waals surface area contributed by atoms with Gasteiger partial charge in [0.05, 0.1) is 14.2 Å². The van der Waals surface area contributed by atoms with E-state index in [1.165, 1.54) is 14.2 Å². The van der Waals surface area contributed by atoms with E-state index in [1.54, 1.807) is 55.5 Å². The molecule has 0 aliphatic rings. The van der Waals surface area contributed by atoms with Crippen molar-refractivity contribution < 1.29 is 27.1 Å². The number of rotatable bonds is 7. The number of halogens is 1. The standard InChI is InChI=1S/C22H21FN2O5S/c1-14-12-16(23)20(31(27,28)25-15-8-5-4-6-9-15)13-17(14)24-22(26)21-18(29-2)10-7-11-19(21)30-3/h4-13,25H,1-3H3,(H,24,26). The summed E-state index contributed by atoms with van der Waals surface area (Å²) in [7, 11) is -1.41. The number of hydrogen-bond acceptors (Lipinski definition) is 5.